The van der Waals surface area contributed by atoms with E-state index < -0.39 is 11.4 Å². The lowest BCUT2D eigenvalue weighted by Gasteiger charge is -2.32. The van der Waals surface area contributed by atoms with Gasteiger partial charge in [-0.15, -0.1) is 0 Å². The summed E-state index contributed by atoms with van der Waals surface area (Å²) in [6.45, 7) is 8.10. The molecule has 100 valence electrons. The minimum Gasteiger partial charge on any atom is -0.477 e. The van der Waals surface area contributed by atoms with Crippen LogP contribution in [0.25, 0.3) is 0 Å². The normalized spacial score (nSPS) is 15.1. The quantitative estimate of drug-likeness (QED) is 0.420. The second-order valence-electron chi connectivity index (χ2n) is 5.29. The molecule has 5 nitrogen and oxygen atoms in total. The van der Waals surface area contributed by atoms with Gasteiger partial charge in [-0.2, -0.15) is 0 Å². The number of rotatable bonds is 7. The molecule has 0 fully saturated rings. The topological polar surface area (TPSA) is 63.6 Å². The number of carboxylic acids is 1. The molecular weight excluding hydrogens is 222 g/mol. The number of carbonyl (C=O) groups excluding carboxylic acids is 1. The van der Waals surface area contributed by atoms with Crippen molar-refractivity contribution in [1.29, 1.82) is 0 Å². The van der Waals surface area contributed by atoms with Crippen molar-refractivity contribution in [2.24, 2.45) is 5.41 Å². The number of esters is 1. The fraction of sp³-hybridized carbons (Fsp3) is 0.833. The molecule has 0 bridgehead atoms. The Morgan fingerprint density at radius 3 is 2.18 bits per heavy atom. The monoisotopic (exact) mass is 246 g/mol. The van der Waals surface area contributed by atoms with Gasteiger partial charge in [0, 0.05) is 0 Å². The Bertz CT molecular complexity index is 288. The number of carboxylic acid groups (broad SMARTS) is 1. The smallest absolute Gasteiger partial charge is 0.359 e. The summed E-state index contributed by atoms with van der Waals surface area (Å²) < 4.78 is 5.42. The van der Waals surface area contributed by atoms with E-state index >= 15 is 0 Å². The Labute approximate surface area is 103 Å². The Hall–Kier alpha value is -1.10. The van der Waals surface area contributed by atoms with Crippen molar-refractivity contribution in [3.8, 4) is 0 Å². The Kier molecular flexibility index (Phi) is 5.61. The van der Waals surface area contributed by atoms with Gasteiger partial charge in [-0.05, 0) is 27.2 Å². The fourth-order valence-corrected chi connectivity index (χ4v) is 1.13. The van der Waals surface area contributed by atoms with E-state index in [1.165, 1.54) is 0 Å². The molecule has 0 rings (SSSR count). The highest BCUT2D eigenvalue weighted by molar-refractivity contribution is 5.75. The summed E-state index contributed by atoms with van der Waals surface area (Å²) >= 11 is 0. The molecule has 0 aliphatic carbocycles. The van der Waals surface area contributed by atoms with E-state index in [1.807, 2.05) is 27.7 Å². The van der Waals surface area contributed by atoms with Crippen molar-refractivity contribution in [2.75, 3.05) is 26.9 Å². The average molecular weight is 246 g/mol. The predicted molar refractivity (Wildman–Crippen MR) is 64.3 cm³/mol. The number of quaternary nitrogens is 1. The zero-order chi connectivity index (χ0) is 13.7. The SMILES string of the molecule is CCC(C)(C)C(=O)OC[N+](C)(CC)CC(=O)O. The summed E-state index contributed by atoms with van der Waals surface area (Å²) in [6.07, 6.45) is 0.695. The molecule has 0 aliphatic rings. The third-order valence-corrected chi connectivity index (χ3v) is 3.22. The van der Waals surface area contributed by atoms with Crippen molar-refractivity contribution in [1.82, 2.24) is 0 Å². The van der Waals surface area contributed by atoms with Gasteiger partial charge in [0.15, 0.2) is 6.54 Å². The van der Waals surface area contributed by atoms with Gasteiger partial charge >= 0.3 is 11.9 Å². The van der Waals surface area contributed by atoms with Crippen LogP contribution in [0.5, 0.6) is 0 Å². The van der Waals surface area contributed by atoms with Crippen LogP contribution < -0.4 is 0 Å². The van der Waals surface area contributed by atoms with Crippen LogP contribution in [0.3, 0.4) is 0 Å². The lowest BCUT2D eigenvalue weighted by atomic mass is 9.91. The summed E-state index contributed by atoms with van der Waals surface area (Å²) in [7, 11) is 1.76. The van der Waals surface area contributed by atoms with E-state index in [1.54, 1.807) is 7.05 Å². The van der Waals surface area contributed by atoms with Gasteiger partial charge in [-0.1, -0.05) is 6.92 Å². The Balaban J connectivity index is 4.43. The minimum atomic E-state index is -0.889. The van der Waals surface area contributed by atoms with Gasteiger partial charge in [0.1, 0.15) is 0 Å². The standard InChI is InChI=1S/C12H23NO4/c1-6-12(3,4)11(16)17-9-13(5,7-2)8-10(14)15/h6-9H2,1-5H3/p+1. The Morgan fingerprint density at radius 1 is 1.29 bits per heavy atom. The highest BCUT2D eigenvalue weighted by Gasteiger charge is 2.31. The van der Waals surface area contributed by atoms with E-state index in [9.17, 15) is 9.59 Å². The highest BCUT2D eigenvalue weighted by atomic mass is 16.5. The fourth-order valence-electron chi connectivity index (χ4n) is 1.13. The second kappa shape index (κ2) is 6.00. The predicted octanol–water partition coefficient (Wildman–Crippen LogP) is 1.47. The van der Waals surface area contributed by atoms with Crippen LogP contribution in [-0.2, 0) is 14.3 Å². The molecule has 0 spiro atoms. The Morgan fingerprint density at radius 2 is 1.82 bits per heavy atom. The summed E-state index contributed by atoms with van der Waals surface area (Å²) in [5, 5.41) is 8.80. The van der Waals surface area contributed by atoms with Gasteiger partial charge in [-0.25, -0.2) is 4.79 Å². The lowest BCUT2D eigenvalue weighted by Crippen LogP contribution is -2.50. The van der Waals surface area contributed by atoms with Gasteiger partial charge in [0.25, 0.3) is 0 Å². The van der Waals surface area contributed by atoms with E-state index in [0.717, 1.165) is 0 Å². The van der Waals surface area contributed by atoms with Crippen molar-refractivity contribution in [3.63, 3.8) is 0 Å². The molecule has 0 saturated heterocycles. The van der Waals surface area contributed by atoms with Gasteiger partial charge < -0.3 is 9.84 Å². The molecule has 0 radical (unpaired) electrons. The van der Waals surface area contributed by atoms with Crippen molar-refractivity contribution >= 4 is 11.9 Å². The van der Waals surface area contributed by atoms with Crippen LogP contribution in [0.1, 0.15) is 34.1 Å². The van der Waals surface area contributed by atoms with Crippen LogP contribution in [0.4, 0.5) is 0 Å². The number of likely N-dealkylation sites (N-methyl/N-ethyl adjacent to an activating group) is 1. The number of hydrogen-bond donors (Lipinski definition) is 1. The third kappa shape index (κ3) is 5.17. The summed E-state index contributed by atoms with van der Waals surface area (Å²) in [5.74, 6) is -1.16. The third-order valence-electron chi connectivity index (χ3n) is 3.22. The lowest BCUT2D eigenvalue weighted by molar-refractivity contribution is -0.917. The number of hydrogen-bond acceptors (Lipinski definition) is 3. The first-order valence-electron chi connectivity index (χ1n) is 5.89. The number of aliphatic carboxylic acids is 1. The van der Waals surface area contributed by atoms with Crippen LogP contribution in [0.15, 0.2) is 0 Å². The minimum absolute atomic E-state index is 0.0453. The first-order valence-corrected chi connectivity index (χ1v) is 5.89. The maximum Gasteiger partial charge on any atom is 0.359 e. The summed E-state index contributed by atoms with van der Waals surface area (Å²) in [4.78, 5) is 22.5. The van der Waals surface area contributed by atoms with Crippen molar-refractivity contribution in [3.05, 3.63) is 0 Å². The van der Waals surface area contributed by atoms with E-state index in [-0.39, 0.29) is 23.7 Å². The maximum absolute atomic E-state index is 11.8. The molecular formula is C12H24NO4+. The average Bonchev–Trinajstić information content (AvgIpc) is 2.25. The molecule has 17 heavy (non-hydrogen) atoms. The van der Waals surface area contributed by atoms with Gasteiger partial charge in [0.2, 0.25) is 6.73 Å². The van der Waals surface area contributed by atoms with E-state index in [0.29, 0.717) is 13.0 Å². The largest absolute Gasteiger partial charge is 0.477 e. The molecule has 0 amide bonds. The van der Waals surface area contributed by atoms with Gasteiger partial charge in [0.05, 0.1) is 19.0 Å². The highest BCUT2D eigenvalue weighted by Crippen LogP contribution is 2.21. The van der Waals surface area contributed by atoms with E-state index in [4.69, 9.17) is 9.84 Å². The number of ether oxygens (including phenoxy) is 1. The molecule has 1 N–H and O–H groups in total. The number of nitrogens with zero attached hydrogens (tertiary/aromatic N) is 1. The molecule has 0 aromatic carbocycles. The summed E-state index contributed by atoms with van der Waals surface area (Å²) in [5.41, 5.74) is -0.512. The molecule has 0 saturated carbocycles. The maximum atomic E-state index is 11.8. The van der Waals surface area contributed by atoms with Crippen LogP contribution in [0.2, 0.25) is 0 Å². The van der Waals surface area contributed by atoms with E-state index in [2.05, 4.69) is 0 Å². The van der Waals surface area contributed by atoms with Gasteiger partial charge in [-0.3, -0.25) is 9.28 Å². The summed E-state index contributed by atoms with van der Waals surface area (Å²) in [6, 6.07) is 0. The molecule has 0 heterocycles. The first-order chi connectivity index (χ1) is 7.67. The first kappa shape index (κ1) is 15.9. The van der Waals surface area contributed by atoms with Crippen LogP contribution in [0, 0.1) is 5.41 Å². The van der Waals surface area contributed by atoms with Crippen molar-refractivity contribution < 1.29 is 23.9 Å². The van der Waals surface area contributed by atoms with Crippen LogP contribution >= 0.6 is 0 Å². The zero-order valence-electron chi connectivity index (χ0n) is 11.4. The van der Waals surface area contributed by atoms with Crippen LogP contribution in [-0.4, -0.2) is 48.4 Å². The molecule has 0 aromatic heterocycles. The molecule has 1 unspecified atom stereocenters. The molecule has 0 aliphatic heterocycles. The molecule has 1 atom stereocenters. The molecule has 0 aromatic rings. The number of carbonyl (C=O) groups is 2. The zero-order valence-corrected chi connectivity index (χ0v) is 11.4. The second-order valence-corrected chi connectivity index (χ2v) is 5.29. The molecule has 5 heteroatoms. The van der Waals surface area contributed by atoms with Crippen molar-refractivity contribution in [2.45, 2.75) is 34.1 Å².